The summed E-state index contributed by atoms with van der Waals surface area (Å²) in [5.74, 6) is 0. The Morgan fingerprint density at radius 3 is 2.93 bits per heavy atom. The van der Waals surface area contributed by atoms with Crippen LogP contribution < -0.4 is 5.32 Å². The molecule has 5 heteroatoms. The van der Waals surface area contributed by atoms with Crippen LogP contribution in [0.4, 0.5) is 5.69 Å². The average Bonchev–Trinajstić information content (AvgIpc) is 2.19. The Labute approximate surface area is 80.9 Å². The molecule has 1 N–H and O–H groups in total. The number of nitrogens with one attached hydrogen (secondary N) is 1. The third kappa shape index (κ3) is 2.95. The van der Waals surface area contributed by atoms with Crippen molar-refractivity contribution >= 4 is 12.0 Å². The van der Waals surface area contributed by atoms with Crippen LogP contribution in [-0.2, 0) is 11.3 Å². The third-order valence-electron chi connectivity index (χ3n) is 1.68. The summed E-state index contributed by atoms with van der Waals surface area (Å²) in [4.78, 5) is 20.0. The van der Waals surface area contributed by atoms with Crippen LogP contribution in [0.5, 0.6) is 0 Å². The Morgan fingerprint density at radius 2 is 2.29 bits per heavy atom. The van der Waals surface area contributed by atoms with Crippen LogP contribution in [0.1, 0.15) is 5.56 Å². The number of carbonyl (C=O) groups excluding carboxylic acids is 1. The first-order valence-corrected chi connectivity index (χ1v) is 4.11. The van der Waals surface area contributed by atoms with E-state index in [4.69, 9.17) is 0 Å². The molecule has 1 aromatic rings. The van der Waals surface area contributed by atoms with Crippen LogP contribution >= 0.6 is 0 Å². The topological polar surface area (TPSA) is 72.2 Å². The Bertz CT molecular complexity index is 339. The predicted octanol–water partition coefficient (Wildman–Crippen LogP) is 0.883. The van der Waals surface area contributed by atoms with Crippen LogP contribution in [0.15, 0.2) is 24.3 Å². The lowest BCUT2D eigenvalue weighted by Crippen LogP contribution is -2.15. The van der Waals surface area contributed by atoms with Crippen LogP contribution in [0.2, 0.25) is 0 Å². The minimum absolute atomic E-state index is 0.0652. The number of rotatable bonds is 5. The van der Waals surface area contributed by atoms with Gasteiger partial charge in [0.05, 0.1) is 11.5 Å². The fourth-order valence-electron chi connectivity index (χ4n) is 1.06. The van der Waals surface area contributed by atoms with Crippen LogP contribution in [0.3, 0.4) is 0 Å². The molecule has 74 valence electrons. The Morgan fingerprint density at radius 1 is 1.50 bits per heavy atom. The molecule has 0 saturated heterocycles. The third-order valence-corrected chi connectivity index (χ3v) is 1.68. The summed E-state index contributed by atoms with van der Waals surface area (Å²) < 4.78 is 0. The lowest BCUT2D eigenvalue weighted by molar-refractivity contribution is -0.384. The van der Waals surface area contributed by atoms with Crippen molar-refractivity contribution in [2.24, 2.45) is 0 Å². The monoisotopic (exact) mass is 194 g/mol. The number of nitro groups is 1. The molecule has 0 spiro atoms. The number of benzene rings is 1. The van der Waals surface area contributed by atoms with E-state index >= 15 is 0 Å². The summed E-state index contributed by atoms with van der Waals surface area (Å²) in [6.45, 7) is 0.711. The number of nitro benzene ring substituents is 1. The summed E-state index contributed by atoms with van der Waals surface area (Å²) in [7, 11) is 0. The van der Waals surface area contributed by atoms with E-state index in [-0.39, 0.29) is 12.2 Å². The summed E-state index contributed by atoms with van der Waals surface area (Å²) in [5.41, 5.74) is 0.858. The second-order valence-electron chi connectivity index (χ2n) is 2.72. The zero-order chi connectivity index (χ0) is 10.4. The zero-order valence-electron chi connectivity index (χ0n) is 7.47. The van der Waals surface area contributed by atoms with Gasteiger partial charge in [0, 0.05) is 18.7 Å². The number of non-ortho nitro benzene ring substituents is 1. The first-order valence-electron chi connectivity index (χ1n) is 4.11. The van der Waals surface area contributed by atoms with Crippen LogP contribution in [0, 0.1) is 10.1 Å². The summed E-state index contributed by atoms with van der Waals surface area (Å²) >= 11 is 0. The van der Waals surface area contributed by atoms with E-state index in [1.54, 1.807) is 12.1 Å². The van der Waals surface area contributed by atoms with E-state index < -0.39 is 4.92 Å². The normalized spacial score (nSPS) is 9.71. The maximum absolute atomic E-state index is 10.4. The van der Waals surface area contributed by atoms with Gasteiger partial charge in [-0.1, -0.05) is 12.1 Å². The smallest absolute Gasteiger partial charge is 0.269 e. The molecule has 0 aromatic heterocycles. The maximum Gasteiger partial charge on any atom is 0.269 e. The van der Waals surface area contributed by atoms with Gasteiger partial charge >= 0.3 is 0 Å². The van der Waals surface area contributed by atoms with Crippen molar-refractivity contribution in [2.75, 3.05) is 6.54 Å². The van der Waals surface area contributed by atoms with E-state index in [9.17, 15) is 14.9 Å². The van der Waals surface area contributed by atoms with Gasteiger partial charge in [0.25, 0.3) is 5.69 Å². The van der Waals surface area contributed by atoms with Crippen LogP contribution in [0.25, 0.3) is 0 Å². The predicted molar refractivity (Wildman–Crippen MR) is 50.9 cm³/mol. The van der Waals surface area contributed by atoms with Crippen molar-refractivity contribution < 1.29 is 9.72 Å². The summed E-state index contributed by atoms with van der Waals surface area (Å²) in [6.07, 6.45) is 0.747. The van der Waals surface area contributed by atoms with Crippen molar-refractivity contribution in [2.45, 2.75) is 6.54 Å². The first kappa shape index (κ1) is 10.3. The van der Waals surface area contributed by atoms with Gasteiger partial charge in [-0.15, -0.1) is 0 Å². The molecule has 1 rings (SSSR count). The fraction of sp³-hybridized carbons (Fsp3) is 0.222. The molecular weight excluding hydrogens is 184 g/mol. The second kappa shape index (κ2) is 5.08. The van der Waals surface area contributed by atoms with E-state index in [2.05, 4.69) is 5.32 Å². The molecule has 0 aliphatic heterocycles. The summed E-state index contributed by atoms with van der Waals surface area (Å²) in [6, 6.07) is 6.31. The first-order chi connectivity index (χ1) is 6.74. The molecule has 14 heavy (non-hydrogen) atoms. The SMILES string of the molecule is O=CCNCc1cccc([N+](=O)[O-])c1. The van der Waals surface area contributed by atoms with Gasteiger partial charge in [0.2, 0.25) is 0 Å². The van der Waals surface area contributed by atoms with E-state index in [0.717, 1.165) is 11.8 Å². The van der Waals surface area contributed by atoms with Gasteiger partial charge in [-0.2, -0.15) is 0 Å². The van der Waals surface area contributed by atoms with E-state index in [1.807, 2.05) is 0 Å². The molecule has 0 atom stereocenters. The van der Waals surface area contributed by atoms with Gasteiger partial charge in [0.1, 0.15) is 6.29 Å². The highest BCUT2D eigenvalue weighted by Gasteiger charge is 2.04. The largest absolute Gasteiger partial charge is 0.306 e. The molecule has 0 bridgehead atoms. The Kier molecular flexibility index (Phi) is 3.75. The highest BCUT2D eigenvalue weighted by Crippen LogP contribution is 2.12. The Hall–Kier alpha value is -1.75. The van der Waals surface area contributed by atoms with E-state index in [0.29, 0.717) is 6.54 Å². The molecule has 0 heterocycles. The minimum Gasteiger partial charge on any atom is -0.306 e. The number of hydrogen-bond donors (Lipinski definition) is 1. The van der Waals surface area contributed by atoms with Gasteiger partial charge in [-0.05, 0) is 5.56 Å². The molecule has 0 amide bonds. The lowest BCUT2D eigenvalue weighted by atomic mass is 10.2. The molecule has 0 aliphatic rings. The molecule has 0 radical (unpaired) electrons. The van der Waals surface area contributed by atoms with Gasteiger partial charge < -0.3 is 10.1 Å². The van der Waals surface area contributed by atoms with E-state index in [1.165, 1.54) is 12.1 Å². The molecule has 0 saturated carbocycles. The summed E-state index contributed by atoms with van der Waals surface area (Å²) in [5, 5.41) is 13.2. The number of aldehydes is 1. The van der Waals surface area contributed by atoms with Crippen molar-refractivity contribution in [1.82, 2.24) is 5.32 Å². The molecule has 1 aromatic carbocycles. The van der Waals surface area contributed by atoms with Crippen molar-refractivity contribution in [3.8, 4) is 0 Å². The molecule has 0 aliphatic carbocycles. The van der Waals surface area contributed by atoms with Crippen molar-refractivity contribution in [1.29, 1.82) is 0 Å². The highest BCUT2D eigenvalue weighted by atomic mass is 16.6. The maximum atomic E-state index is 10.4. The van der Waals surface area contributed by atoms with Gasteiger partial charge in [0.15, 0.2) is 0 Å². The lowest BCUT2D eigenvalue weighted by Gasteiger charge is -2.00. The quantitative estimate of drug-likeness (QED) is 0.327. The average molecular weight is 194 g/mol. The number of hydrogen-bond acceptors (Lipinski definition) is 4. The number of carbonyl (C=O) groups is 1. The van der Waals surface area contributed by atoms with Gasteiger partial charge in [-0.25, -0.2) is 0 Å². The minimum atomic E-state index is -0.441. The van der Waals surface area contributed by atoms with Crippen molar-refractivity contribution in [3.63, 3.8) is 0 Å². The molecular formula is C9H10N2O3. The number of nitrogens with zero attached hydrogens (tertiary/aromatic N) is 1. The molecule has 5 nitrogen and oxygen atoms in total. The standard InChI is InChI=1S/C9H10N2O3/c12-5-4-10-7-8-2-1-3-9(6-8)11(13)14/h1-3,5-6,10H,4,7H2. The van der Waals surface area contributed by atoms with Gasteiger partial charge in [-0.3, -0.25) is 10.1 Å². The van der Waals surface area contributed by atoms with Crippen molar-refractivity contribution in [3.05, 3.63) is 39.9 Å². The van der Waals surface area contributed by atoms with Crippen LogP contribution in [-0.4, -0.2) is 17.8 Å². The zero-order valence-corrected chi connectivity index (χ0v) is 7.47. The second-order valence-corrected chi connectivity index (χ2v) is 2.72. The highest BCUT2D eigenvalue weighted by molar-refractivity contribution is 5.51. The molecule has 0 unspecified atom stereocenters. The fourth-order valence-corrected chi connectivity index (χ4v) is 1.06. The Balaban J connectivity index is 2.63. The molecule has 0 fully saturated rings.